The molecule has 1 saturated heterocycles. The molecule has 0 aliphatic carbocycles. The molecule has 0 N–H and O–H groups in total. The summed E-state index contributed by atoms with van der Waals surface area (Å²) < 4.78 is 9.43. The van der Waals surface area contributed by atoms with E-state index in [1.54, 1.807) is 9.42 Å². The zero-order valence-corrected chi connectivity index (χ0v) is 16.5. The number of carbonyl (C=O) groups excluding carboxylic acids is 1. The largest absolute Gasteiger partial charge is 0.489 e. The van der Waals surface area contributed by atoms with Crippen molar-refractivity contribution >= 4 is 11.4 Å². The van der Waals surface area contributed by atoms with E-state index in [-0.39, 0.29) is 18.1 Å². The van der Waals surface area contributed by atoms with Crippen molar-refractivity contribution in [1.82, 2.24) is 29.5 Å². The first-order chi connectivity index (χ1) is 13.9. The average Bonchev–Trinajstić information content (AvgIpc) is 3.23. The van der Waals surface area contributed by atoms with Crippen molar-refractivity contribution < 1.29 is 9.53 Å². The predicted molar refractivity (Wildman–Crippen MR) is 105 cm³/mol. The molecule has 0 spiro atoms. The predicted octanol–water partition coefficient (Wildman–Crippen LogP) is 2.13. The number of nitrogens with zero attached hydrogens (tertiary/aromatic N) is 7. The summed E-state index contributed by atoms with van der Waals surface area (Å²) in [5.74, 6) is 0.499. The van der Waals surface area contributed by atoms with Crippen LogP contribution in [-0.2, 0) is 4.79 Å². The van der Waals surface area contributed by atoms with Crippen LogP contribution in [0.5, 0.6) is 5.75 Å². The van der Waals surface area contributed by atoms with Crippen LogP contribution in [0, 0.1) is 18.3 Å². The van der Waals surface area contributed by atoms with E-state index in [2.05, 4.69) is 28.1 Å². The number of hydrogen-bond acceptors (Lipinski definition) is 6. The first-order valence-electron chi connectivity index (χ1n) is 9.34. The lowest BCUT2D eigenvalue weighted by Crippen LogP contribution is -2.50. The first kappa shape index (κ1) is 18.7. The summed E-state index contributed by atoms with van der Waals surface area (Å²) in [5, 5.41) is 22.3. The summed E-state index contributed by atoms with van der Waals surface area (Å²) in [6, 6.07) is 4.11. The minimum Gasteiger partial charge on any atom is -0.489 e. The van der Waals surface area contributed by atoms with Gasteiger partial charge in [0, 0.05) is 24.8 Å². The molecule has 0 bridgehead atoms. The number of hydrogen-bond donors (Lipinski definition) is 0. The molecule has 0 unspecified atom stereocenters. The summed E-state index contributed by atoms with van der Waals surface area (Å²) >= 11 is 0. The SMILES string of the molecule is C=CC(=O)N1CC(n2nnc(-c3cc(OC(C)C)c4c(C#N)cnn4c3)c2C)C1. The van der Waals surface area contributed by atoms with Crippen molar-refractivity contribution in [1.29, 1.82) is 5.26 Å². The van der Waals surface area contributed by atoms with Crippen molar-refractivity contribution in [2.24, 2.45) is 0 Å². The third-order valence-corrected chi connectivity index (χ3v) is 4.96. The van der Waals surface area contributed by atoms with Gasteiger partial charge in [-0.1, -0.05) is 11.8 Å². The van der Waals surface area contributed by atoms with Crippen LogP contribution in [0.3, 0.4) is 0 Å². The fourth-order valence-electron chi connectivity index (χ4n) is 3.51. The van der Waals surface area contributed by atoms with Gasteiger partial charge in [-0.05, 0) is 32.9 Å². The van der Waals surface area contributed by atoms with Crippen LogP contribution in [0.2, 0.25) is 0 Å². The zero-order chi connectivity index (χ0) is 20.7. The van der Waals surface area contributed by atoms with Crippen molar-refractivity contribution in [3.63, 3.8) is 0 Å². The smallest absolute Gasteiger partial charge is 0.246 e. The number of nitriles is 1. The summed E-state index contributed by atoms with van der Waals surface area (Å²) in [4.78, 5) is 13.4. The Kier molecular flexibility index (Phi) is 4.54. The molecule has 1 aliphatic heterocycles. The van der Waals surface area contributed by atoms with Crippen LogP contribution in [0.15, 0.2) is 31.1 Å². The second-order valence-electron chi connectivity index (χ2n) is 7.29. The van der Waals surface area contributed by atoms with Gasteiger partial charge in [-0.3, -0.25) is 4.79 Å². The summed E-state index contributed by atoms with van der Waals surface area (Å²) in [7, 11) is 0. The molecule has 9 heteroatoms. The molecule has 3 aromatic heterocycles. The highest BCUT2D eigenvalue weighted by atomic mass is 16.5. The number of likely N-dealkylation sites (tertiary alicyclic amines) is 1. The second kappa shape index (κ2) is 7.05. The zero-order valence-electron chi connectivity index (χ0n) is 16.5. The Morgan fingerprint density at radius 2 is 2.21 bits per heavy atom. The lowest BCUT2D eigenvalue weighted by molar-refractivity contribution is -0.131. The van der Waals surface area contributed by atoms with Gasteiger partial charge >= 0.3 is 0 Å². The van der Waals surface area contributed by atoms with Gasteiger partial charge in [-0.15, -0.1) is 5.10 Å². The number of fused-ring (bicyclic) bond motifs is 1. The molecule has 1 fully saturated rings. The molecule has 148 valence electrons. The summed E-state index contributed by atoms with van der Waals surface area (Å²) in [5.41, 5.74) is 3.48. The number of aromatic nitrogens is 5. The van der Waals surface area contributed by atoms with Gasteiger partial charge in [0.25, 0.3) is 0 Å². The minimum atomic E-state index is -0.0767. The first-order valence-corrected chi connectivity index (χ1v) is 9.34. The van der Waals surface area contributed by atoms with Gasteiger partial charge in [0.15, 0.2) is 0 Å². The maximum absolute atomic E-state index is 11.7. The van der Waals surface area contributed by atoms with E-state index < -0.39 is 0 Å². The minimum absolute atomic E-state index is 0.0596. The third kappa shape index (κ3) is 3.12. The van der Waals surface area contributed by atoms with E-state index in [1.165, 1.54) is 12.3 Å². The van der Waals surface area contributed by atoms with Crippen molar-refractivity contribution in [2.45, 2.75) is 32.9 Å². The topological polar surface area (TPSA) is 101 Å². The fraction of sp³-hybridized carbons (Fsp3) is 0.350. The van der Waals surface area contributed by atoms with Crippen LogP contribution >= 0.6 is 0 Å². The monoisotopic (exact) mass is 391 g/mol. The van der Waals surface area contributed by atoms with Crippen molar-refractivity contribution in [3.8, 4) is 23.1 Å². The lowest BCUT2D eigenvalue weighted by Gasteiger charge is -2.38. The second-order valence-corrected chi connectivity index (χ2v) is 7.29. The Morgan fingerprint density at radius 3 is 2.86 bits per heavy atom. The van der Waals surface area contributed by atoms with E-state index in [4.69, 9.17) is 4.74 Å². The van der Waals surface area contributed by atoms with Crippen molar-refractivity contribution in [3.05, 3.63) is 42.4 Å². The number of pyridine rings is 1. The highest BCUT2D eigenvalue weighted by Crippen LogP contribution is 2.32. The fourth-order valence-corrected chi connectivity index (χ4v) is 3.51. The van der Waals surface area contributed by atoms with Crippen LogP contribution in [-0.4, -0.2) is 54.6 Å². The highest BCUT2D eigenvalue weighted by molar-refractivity contribution is 5.87. The van der Waals surface area contributed by atoms with Crippen LogP contribution in [0.1, 0.15) is 31.1 Å². The van der Waals surface area contributed by atoms with Crippen LogP contribution in [0.25, 0.3) is 16.8 Å². The summed E-state index contributed by atoms with van der Waals surface area (Å²) in [6.07, 6.45) is 4.60. The number of amides is 1. The molecule has 1 amide bonds. The van der Waals surface area contributed by atoms with Gasteiger partial charge in [-0.2, -0.15) is 10.4 Å². The molecule has 4 heterocycles. The van der Waals surface area contributed by atoms with Gasteiger partial charge in [-0.25, -0.2) is 9.20 Å². The molecular formula is C20H21N7O2. The Morgan fingerprint density at radius 1 is 1.45 bits per heavy atom. The molecular weight excluding hydrogens is 370 g/mol. The Labute approximate surface area is 167 Å². The van der Waals surface area contributed by atoms with E-state index in [1.807, 2.05) is 37.7 Å². The van der Waals surface area contributed by atoms with Crippen molar-refractivity contribution in [2.75, 3.05) is 13.1 Å². The molecule has 1 aliphatic rings. The number of carbonyl (C=O) groups is 1. The molecule has 0 atom stereocenters. The Hall–Kier alpha value is -3.67. The number of ether oxygens (including phenoxy) is 1. The van der Waals surface area contributed by atoms with Gasteiger partial charge in [0.1, 0.15) is 28.6 Å². The molecule has 0 aromatic carbocycles. The Bertz CT molecular complexity index is 1150. The maximum atomic E-state index is 11.7. The normalized spacial score (nSPS) is 14.1. The summed E-state index contributed by atoms with van der Waals surface area (Å²) in [6.45, 7) is 10.5. The van der Waals surface area contributed by atoms with Gasteiger partial charge in [0.05, 0.1) is 24.0 Å². The van der Waals surface area contributed by atoms with E-state index in [0.29, 0.717) is 35.6 Å². The molecule has 9 nitrogen and oxygen atoms in total. The molecule has 4 rings (SSSR count). The molecule has 3 aromatic rings. The Balaban J connectivity index is 1.71. The average molecular weight is 391 g/mol. The number of rotatable bonds is 5. The van der Waals surface area contributed by atoms with Crippen LogP contribution in [0.4, 0.5) is 0 Å². The van der Waals surface area contributed by atoms with Gasteiger partial charge < -0.3 is 9.64 Å². The standard InChI is InChI=1S/C20H21N7O2/c1-5-18(28)25-10-16(11-25)27-13(4)19(23-24-27)14-6-17(29-12(2)3)20-15(7-21)8-22-26(20)9-14/h5-6,8-9,12,16H,1,10-11H2,2-4H3. The lowest BCUT2D eigenvalue weighted by atomic mass is 10.1. The van der Waals surface area contributed by atoms with E-state index in [9.17, 15) is 10.1 Å². The van der Waals surface area contributed by atoms with E-state index >= 15 is 0 Å². The molecule has 0 saturated carbocycles. The molecule has 29 heavy (non-hydrogen) atoms. The van der Waals surface area contributed by atoms with Crippen LogP contribution < -0.4 is 4.74 Å². The maximum Gasteiger partial charge on any atom is 0.246 e. The third-order valence-electron chi connectivity index (χ3n) is 4.96. The van der Waals surface area contributed by atoms with Gasteiger partial charge in [0.2, 0.25) is 5.91 Å². The van der Waals surface area contributed by atoms with E-state index in [0.717, 1.165) is 11.3 Å². The quantitative estimate of drug-likeness (QED) is 0.618. The molecule has 0 radical (unpaired) electrons. The highest BCUT2D eigenvalue weighted by Gasteiger charge is 2.33.